The molecule has 6 nitrogen and oxygen atoms in total. The fourth-order valence-corrected chi connectivity index (χ4v) is 3.11. The lowest BCUT2D eigenvalue weighted by molar-refractivity contribution is -0.118. The van der Waals surface area contributed by atoms with Gasteiger partial charge in [0.05, 0.1) is 7.11 Å². The van der Waals surface area contributed by atoms with Crippen LogP contribution in [0.2, 0.25) is 0 Å². The van der Waals surface area contributed by atoms with Crippen LogP contribution in [0.3, 0.4) is 0 Å². The Kier molecular flexibility index (Phi) is 6.32. The molecule has 0 radical (unpaired) electrons. The van der Waals surface area contributed by atoms with Crippen LogP contribution in [0, 0.1) is 0 Å². The minimum Gasteiger partial charge on any atom is -0.493 e. The summed E-state index contributed by atoms with van der Waals surface area (Å²) in [7, 11) is 1.56. The van der Waals surface area contributed by atoms with Crippen LogP contribution in [0.15, 0.2) is 48.5 Å². The molecule has 1 aliphatic rings. The van der Waals surface area contributed by atoms with Gasteiger partial charge in [-0.25, -0.2) is 0 Å². The fraction of sp³-hybridized carbons (Fsp3) is 0.273. The first-order valence-electron chi connectivity index (χ1n) is 9.24. The first kappa shape index (κ1) is 19.5. The van der Waals surface area contributed by atoms with Crippen molar-refractivity contribution in [3.63, 3.8) is 0 Å². The molecule has 3 rings (SSSR count). The minimum atomic E-state index is -0.288. The van der Waals surface area contributed by atoms with E-state index < -0.39 is 0 Å². The average molecular weight is 380 g/mol. The van der Waals surface area contributed by atoms with E-state index in [0.29, 0.717) is 30.2 Å². The zero-order valence-electron chi connectivity index (χ0n) is 16.1. The number of ether oxygens (including phenoxy) is 2. The van der Waals surface area contributed by atoms with Crippen molar-refractivity contribution < 1.29 is 19.1 Å². The van der Waals surface area contributed by atoms with Crippen LogP contribution >= 0.6 is 0 Å². The van der Waals surface area contributed by atoms with Gasteiger partial charge in [0.2, 0.25) is 5.91 Å². The number of nitrogens with zero attached hydrogens (tertiary/aromatic N) is 1. The molecule has 0 bridgehead atoms. The predicted molar refractivity (Wildman–Crippen MR) is 110 cm³/mol. The molecule has 1 saturated heterocycles. The van der Waals surface area contributed by atoms with Crippen molar-refractivity contribution in [1.82, 2.24) is 0 Å². The Morgan fingerprint density at radius 1 is 1.21 bits per heavy atom. The molecule has 2 aromatic carbocycles. The molecule has 1 heterocycles. The number of carbonyl (C=O) groups is 2. The Labute approximate surface area is 164 Å². The van der Waals surface area contributed by atoms with Crippen LogP contribution in [0.1, 0.15) is 25.3 Å². The highest BCUT2D eigenvalue weighted by molar-refractivity contribution is 5.97. The van der Waals surface area contributed by atoms with Crippen molar-refractivity contribution in [2.75, 3.05) is 30.5 Å². The van der Waals surface area contributed by atoms with E-state index in [0.717, 1.165) is 17.7 Å². The molecule has 0 unspecified atom stereocenters. The van der Waals surface area contributed by atoms with E-state index >= 15 is 0 Å². The van der Waals surface area contributed by atoms with Gasteiger partial charge in [-0.1, -0.05) is 24.3 Å². The molecule has 0 aromatic heterocycles. The summed E-state index contributed by atoms with van der Waals surface area (Å²) in [4.78, 5) is 25.9. The number of hydrogen-bond acceptors (Lipinski definition) is 4. The highest BCUT2D eigenvalue weighted by Gasteiger charge is 2.21. The van der Waals surface area contributed by atoms with Gasteiger partial charge in [-0.15, -0.1) is 0 Å². The third kappa shape index (κ3) is 4.71. The van der Waals surface area contributed by atoms with Gasteiger partial charge in [-0.05, 0) is 49.2 Å². The standard InChI is InChI=1S/C22H24N2O4/c1-3-6-16-10-11-19(20(13-16)27-2)28-15-21(25)23-17-7-4-8-18(14-17)24-12-5-9-22(24)26/h3-4,6-8,10-11,13-14H,5,9,12,15H2,1-2H3,(H,23,25)/b6-3+. The molecule has 0 saturated carbocycles. The lowest BCUT2D eigenvalue weighted by Crippen LogP contribution is -2.24. The van der Waals surface area contributed by atoms with Crippen LogP contribution in [0.4, 0.5) is 11.4 Å². The van der Waals surface area contributed by atoms with Gasteiger partial charge < -0.3 is 19.7 Å². The molecular formula is C22H24N2O4. The summed E-state index contributed by atoms with van der Waals surface area (Å²) in [6, 6.07) is 12.8. The molecule has 0 spiro atoms. The summed E-state index contributed by atoms with van der Waals surface area (Å²) in [6.07, 6.45) is 5.32. The Morgan fingerprint density at radius 2 is 2.07 bits per heavy atom. The van der Waals surface area contributed by atoms with E-state index in [9.17, 15) is 9.59 Å². The second-order valence-corrected chi connectivity index (χ2v) is 6.45. The molecular weight excluding hydrogens is 356 g/mol. The van der Waals surface area contributed by atoms with Gasteiger partial charge in [0.1, 0.15) is 0 Å². The first-order chi connectivity index (χ1) is 13.6. The van der Waals surface area contributed by atoms with Crippen molar-refractivity contribution in [1.29, 1.82) is 0 Å². The first-order valence-corrected chi connectivity index (χ1v) is 9.24. The predicted octanol–water partition coefficient (Wildman–Crippen LogP) is 3.87. The van der Waals surface area contributed by atoms with E-state index in [1.165, 1.54) is 0 Å². The minimum absolute atomic E-state index is 0.111. The lowest BCUT2D eigenvalue weighted by Gasteiger charge is -2.17. The highest BCUT2D eigenvalue weighted by Crippen LogP contribution is 2.29. The van der Waals surface area contributed by atoms with Crippen molar-refractivity contribution >= 4 is 29.3 Å². The smallest absolute Gasteiger partial charge is 0.262 e. The number of hydrogen-bond donors (Lipinski definition) is 1. The summed E-state index contributed by atoms with van der Waals surface area (Å²) in [5.41, 5.74) is 2.41. The van der Waals surface area contributed by atoms with Crippen LogP contribution in [-0.4, -0.2) is 32.1 Å². The Hall–Kier alpha value is -3.28. The Morgan fingerprint density at radius 3 is 2.79 bits per heavy atom. The van der Waals surface area contributed by atoms with Crippen LogP contribution in [-0.2, 0) is 9.59 Å². The molecule has 0 aliphatic carbocycles. The van der Waals surface area contributed by atoms with E-state index in [1.807, 2.05) is 43.3 Å². The van der Waals surface area contributed by atoms with Gasteiger partial charge in [-0.3, -0.25) is 9.59 Å². The number of anilines is 2. The number of benzene rings is 2. The molecule has 146 valence electrons. The lowest BCUT2D eigenvalue weighted by atomic mass is 10.2. The van der Waals surface area contributed by atoms with E-state index in [1.54, 1.807) is 30.2 Å². The molecule has 6 heteroatoms. The quantitative estimate of drug-likeness (QED) is 0.792. The number of allylic oxidation sites excluding steroid dienone is 1. The van der Waals surface area contributed by atoms with E-state index in [-0.39, 0.29) is 18.4 Å². The van der Waals surface area contributed by atoms with Gasteiger partial charge >= 0.3 is 0 Å². The third-order valence-corrected chi connectivity index (χ3v) is 4.42. The summed E-state index contributed by atoms with van der Waals surface area (Å²) in [6.45, 7) is 2.50. The van der Waals surface area contributed by atoms with Gasteiger partial charge in [-0.2, -0.15) is 0 Å². The Bertz CT molecular complexity index is 892. The number of carbonyl (C=O) groups excluding carboxylic acids is 2. The largest absolute Gasteiger partial charge is 0.493 e. The van der Waals surface area contributed by atoms with Crippen LogP contribution in [0.25, 0.3) is 6.08 Å². The van der Waals surface area contributed by atoms with E-state index in [4.69, 9.17) is 9.47 Å². The zero-order valence-corrected chi connectivity index (χ0v) is 16.1. The molecule has 1 fully saturated rings. The summed E-state index contributed by atoms with van der Waals surface area (Å²) < 4.78 is 11.0. The van der Waals surface area contributed by atoms with Crippen LogP contribution < -0.4 is 19.7 Å². The van der Waals surface area contributed by atoms with Gasteiger partial charge in [0, 0.05) is 24.3 Å². The maximum absolute atomic E-state index is 12.3. The maximum atomic E-state index is 12.3. The number of methoxy groups -OCH3 is 1. The summed E-state index contributed by atoms with van der Waals surface area (Å²) in [5, 5.41) is 2.81. The molecule has 28 heavy (non-hydrogen) atoms. The van der Waals surface area contributed by atoms with Crippen molar-refractivity contribution in [2.24, 2.45) is 0 Å². The third-order valence-electron chi connectivity index (χ3n) is 4.42. The zero-order chi connectivity index (χ0) is 19.9. The van der Waals surface area contributed by atoms with Gasteiger partial charge in [0.15, 0.2) is 18.1 Å². The summed E-state index contributed by atoms with van der Waals surface area (Å²) >= 11 is 0. The molecule has 1 aliphatic heterocycles. The monoisotopic (exact) mass is 380 g/mol. The maximum Gasteiger partial charge on any atom is 0.262 e. The summed E-state index contributed by atoms with van der Waals surface area (Å²) in [5.74, 6) is 0.894. The van der Waals surface area contributed by atoms with E-state index in [2.05, 4.69) is 5.32 Å². The fourth-order valence-electron chi connectivity index (χ4n) is 3.11. The molecule has 2 aromatic rings. The highest BCUT2D eigenvalue weighted by atomic mass is 16.5. The normalized spacial score (nSPS) is 13.8. The van der Waals surface area contributed by atoms with Gasteiger partial charge in [0.25, 0.3) is 5.91 Å². The second-order valence-electron chi connectivity index (χ2n) is 6.45. The number of amides is 2. The molecule has 0 atom stereocenters. The molecule has 2 amide bonds. The van der Waals surface area contributed by atoms with Crippen molar-refractivity contribution in [2.45, 2.75) is 19.8 Å². The van der Waals surface area contributed by atoms with Crippen molar-refractivity contribution in [3.05, 3.63) is 54.1 Å². The Balaban J connectivity index is 1.61. The average Bonchev–Trinajstić information content (AvgIpc) is 3.13. The SMILES string of the molecule is C/C=C/c1ccc(OCC(=O)Nc2cccc(N3CCCC3=O)c2)c(OC)c1. The number of nitrogens with one attached hydrogen (secondary N) is 1. The molecule has 1 N–H and O–H groups in total. The van der Waals surface area contributed by atoms with Crippen LogP contribution in [0.5, 0.6) is 11.5 Å². The second kappa shape index (κ2) is 9.08. The van der Waals surface area contributed by atoms with Crippen molar-refractivity contribution in [3.8, 4) is 11.5 Å². The topological polar surface area (TPSA) is 67.9 Å². The number of rotatable bonds is 7.